The van der Waals surface area contributed by atoms with E-state index in [9.17, 15) is 9.50 Å². The van der Waals surface area contributed by atoms with Crippen molar-refractivity contribution in [3.8, 4) is 23.0 Å². The number of aromatic nitrogens is 4. The lowest BCUT2D eigenvalue weighted by molar-refractivity contribution is 0.108. The summed E-state index contributed by atoms with van der Waals surface area (Å²) in [6.07, 6.45) is 6.85. The monoisotopic (exact) mass is 546 g/mol. The Hall–Kier alpha value is -3.77. The number of oxazole rings is 1. The van der Waals surface area contributed by atoms with E-state index < -0.39 is 5.82 Å². The number of ether oxygens (including phenoxy) is 1. The highest BCUT2D eigenvalue weighted by Crippen LogP contribution is 2.41. The molecular weight excluding hydrogens is 515 g/mol. The number of fused-ring (bicyclic) bond motifs is 5. The number of nitrogens with two attached hydrogens (primary N) is 1. The topological polar surface area (TPSA) is 139 Å². The molecule has 1 aromatic carbocycles. The SMILES string of the molecule is Nc1nc2c(-c3cc4nc(OCC56CCCN5CCC6)nc(N5CC6CCC(C5)N6)c4nc3O)ccc(F)c2o1. The summed E-state index contributed by atoms with van der Waals surface area (Å²) in [4.78, 5) is 23.2. The van der Waals surface area contributed by atoms with E-state index in [1.807, 2.05) is 0 Å². The summed E-state index contributed by atoms with van der Waals surface area (Å²) in [5.41, 5.74) is 7.73. The van der Waals surface area contributed by atoms with Crippen LogP contribution in [0.15, 0.2) is 22.6 Å². The molecule has 11 nitrogen and oxygen atoms in total. The van der Waals surface area contributed by atoms with Gasteiger partial charge in [-0.05, 0) is 69.8 Å². The van der Waals surface area contributed by atoms with Crippen molar-refractivity contribution >= 4 is 34.0 Å². The van der Waals surface area contributed by atoms with Crippen LogP contribution in [-0.4, -0.2) is 80.4 Å². The van der Waals surface area contributed by atoms with E-state index in [0.717, 1.165) is 51.9 Å². The van der Waals surface area contributed by atoms with E-state index in [-0.39, 0.29) is 28.5 Å². The van der Waals surface area contributed by atoms with Crippen molar-refractivity contribution in [3.05, 3.63) is 24.0 Å². The lowest BCUT2D eigenvalue weighted by Crippen LogP contribution is -2.51. The Morgan fingerprint density at radius 3 is 2.60 bits per heavy atom. The number of pyridine rings is 1. The molecule has 0 aliphatic carbocycles. The third kappa shape index (κ3) is 3.76. The van der Waals surface area contributed by atoms with Crippen LogP contribution >= 0.6 is 0 Å². The van der Waals surface area contributed by atoms with Gasteiger partial charge in [0.15, 0.2) is 17.2 Å². The van der Waals surface area contributed by atoms with Gasteiger partial charge in [0.2, 0.25) is 5.88 Å². The first-order valence-corrected chi connectivity index (χ1v) is 14.1. The summed E-state index contributed by atoms with van der Waals surface area (Å²) in [6.45, 7) is 4.35. The lowest BCUT2D eigenvalue weighted by Gasteiger charge is -2.34. The molecule has 4 aromatic rings. The molecule has 0 spiro atoms. The zero-order chi connectivity index (χ0) is 27.0. The third-order valence-corrected chi connectivity index (χ3v) is 9.21. The lowest BCUT2D eigenvalue weighted by atomic mass is 9.95. The first kappa shape index (κ1) is 24.1. The Bertz CT molecular complexity index is 1620. The molecule has 0 radical (unpaired) electrons. The van der Waals surface area contributed by atoms with Crippen LogP contribution in [0.3, 0.4) is 0 Å². The first-order valence-electron chi connectivity index (χ1n) is 14.1. The van der Waals surface area contributed by atoms with Crippen LogP contribution in [0.4, 0.5) is 16.2 Å². The van der Waals surface area contributed by atoms with E-state index in [2.05, 4.69) is 25.1 Å². The number of anilines is 2. The van der Waals surface area contributed by atoms with Crippen molar-refractivity contribution in [2.24, 2.45) is 0 Å². The van der Waals surface area contributed by atoms with Crippen molar-refractivity contribution < 1.29 is 18.7 Å². The highest BCUT2D eigenvalue weighted by atomic mass is 19.1. The van der Waals surface area contributed by atoms with Gasteiger partial charge in [-0.1, -0.05) is 0 Å². The molecule has 2 bridgehead atoms. The number of nitrogens with zero attached hydrogens (tertiary/aromatic N) is 6. The number of nitrogens with one attached hydrogen (secondary N) is 1. The molecule has 4 fully saturated rings. The smallest absolute Gasteiger partial charge is 0.319 e. The maximum atomic E-state index is 14.4. The van der Waals surface area contributed by atoms with Gasteiger partial charge in [-0.3, -0.25) is 4.90 Å². The van der Waals surface area contributed by atoms with Gasteiger partial charge >= 0.3 is 6.01 Å². The van der Waals surface area contributed by atoms with Crippen molar-refractivity contribution in [1.29, 1.82) is 0 Å². The van der Waals surface area contributed by atoms with Crippen LogP contribution in [0.1, 0.15) is 38.5 Å². The molecule has 4 aliphatic rings. The molecule has 8 rings (SSSR count). The Morgan fingerprint density at radius 2 is 1.82 bits per heavy atom. The van der Waals surface area contributed by atoms with Crippen molar-refractivity contribution in [3.63, 3.8) is 0 Å². The summed E-state index contributed by atoms with van der Waals surface area (Å²) in [6, 6.07) is 5.44. The van der Waals surface area contributed by atoms with Crippen molar-refractivity contribution in [2.45, 2.75) is 56.1 Å². The maximum absolute atomic E-state index is 14.4. The highest BCUT2D eigenvalue weighted by Gasteiger charge is 2.45. The number of hydrogen-bond acceptors (Lipinski definition) is 11. The van der Waals surface area contributed by atoms with Crippen LogP contribution in [0, 0.1) is 5.82 Å². The van der Waals surface area contributed by atoms with E-state index >= 15 is 0 Å². The predicted octanol–water partition coefficient (Wildman–Crippen LogP) is 3.21. The largest absolute Gasteiger partial charge is 0.493 e. The molecule has 208 valence electrons. The molecule has 0 saturated carbocycles. The van der Waals surface area contributed by atoms with E-state index in [4.69, 9.17) is 24.9 Å². The minimum Gasteiger partial charge on any atom is -0.493 e. The number of benzene rings is 1. The quantitative estimate of drug-likeness (QED) is 0.340. The fourth-order valence-corrected chi connectivity index (χ4v) is 7.34. The van der Waals surface area contributed by atoms with E-state index in [0.29, 0.717) is 52.7 Å². The van der Waals surface area contributed by atoms with Gasteiger partial charge in [-0.25, -0.2) is 9.37 Å². The predicted molar refractivity (Wildman–Crippen MR) is 147 cm³/mol. The molecule has 0 amide bonds. The van der Waals surface area contributed by atoms with Gasteiger partial charge in [0.25, 0.3) is 6.01 Å². The van der Waals surface area contributed by atoms with Gasteiger partial charge in [-0.2, -0.15) is 15.0 Å². The maximum Gasteiger partial charge on any atom is 0.319 e. The summed E-state index contributed by atoms with van der Waals surface area (Å²) >= 11 is 0. The van der Waals surface area contributed by atoms with E-state index in [1.165, 1.54) is 25.0 Å². The summed E-state index contributed by atoms with van der Waals surface area (Å²) in [7, 11) is 0. The second-order valence-electron chi connectivity index (χ2n) is 11.6. The Balaban J connectivity index is 1.24. The molecule has 2 unspecified atom stereocenters. The zero-order valence-corrected chi connectivity index (χ0v) is 22.1. The van der Waals surface area contributed by atoms with Crippen LogP contribution in [0.5, 0.6) is 11.9 Å². The third-order valence-electron chi connectivity index (χ3n) is 9.21. The second kappa shape index (κ2) is 8.87. The first-order chi connectivity index (χ1) is 19.5. The average Bonchev–Trinajstić information content (AvgIpc) is 3.70. The molecule has 4 saturated heterocycles. The van der Waals surface area contributed by atoms with Gasteiger partial charge in [0.1, 0.15) is 17.6 Å². The summed E-state index contributed by atoms with van der Waals surface area (Å²) in [5.74, 6) is -0.163. The fourth-order valence-electron chi connectivity index (χ4n) is 7.34. The van der Waals surface area contributed by atoms with Crippen LogP contribution in [0.25, 0.3) is 33.3 Å². The minimum absolute atomic E-state index is 0.0532. The minimum atomic E-state index is -0.586. The normalized spacial score (nSPS) is 23.9. The Kier molecular flexibility index (Phi) is 5.33. The molecule has 3 aromatic heterocycles. The van der Waals surface area contributed by atoms with Gasteiger partial charge in [0.05, 0.1) is 11.1 Å². The van der Waals surface area contributed by atoms with Crippen LogP contribution in [0.2, 0.25) is 0 Å². The number of rotatable bonds is 5. The number of hydrogen-bond donors (Lipinski definition) is 3. The summed E-state index contributed by atoms with van der Waals surface area (Å²) < 4.78 is 26.1. The highest BCUT2D eigenvalue weighted by molar-refractivity contribution is 5.97. The number of piperazine rings is 1. The van der Waals surface area contributed by atoms with Crippen molar-refractivity contribution in [2.75, 3.05) is 43.4 Å². The van der Waals surface area contributed by atoms with Crippen LogP contribution < -0.4 is 20.7 Å². The molecule has 12 heteroatoms. The summed E-state index contributed by atoms with van der Waals surface area (Å²) in [5, 5.41) is 14.8. The molecule has 40 heavy (non-hydrogen) atoms. The van der Waals surface area contributed by atoms with Gasteiger partial charge in [0, 0.05) is 36.3 Å². The Morgan fingerprint density at radius 1 is 1.05 bits per heavy atom. The number of aromatic hydroxyl groups is 1. The standard InChI is InChI=1S/C28H31FN8O3/c29-19-6-5-17(21-23(19)40-26(30)34-21)18-11-20-22(33-25(18)38)24(36-12-15-3-4-16(13-36)31-15)35-27(32-20)39-14-28-7-1-9-37(28)10-2-8-28/h5-6,11,15-16,31H,1-4,7-10,12-14H2,(H2,30,34)(H,33,38). The number of halogens is 1. The molecule has 4 aliphatic heterocycles. The Labute approximate surface area is 229 Å². The molecular formula is C28H31FN8O3. The zero-order valence-electron chi connectivity index (χ0n) is 22.1. The number of nitrogen functional groups attached to an aromatic ring is 1. The van der Waals surface area contributed by atoms with Gasteiger partial charge in [-0.15, -0.1) is 0 Å². The second-order valence-corrected chi connectivity index (χ2v) is 11.6. The molecule has 2 atom stereocenters. The van der Waals surface area contributed by atoms with Gasteiger partial charge < -0.3 is 30.2 Å². The average molecular weight is 547 g/mol. The molecule has 4 N–H and O–H groups in total. The fraction of sp³-hybridized carbons (Fsp3) is 0.500. The van der Waals surface area contributed by atoms with E-state index in [1.54, 1.807) is 6.07 Å². The molecule has 7 heterocycles. The van der Waals surface area contributed by atoms with Crippen LogP contribution in [-0.2, 0) is 0 Å². The van der Waals surface area contributed by atoms with Crippen molar-refractivity contribution in [1.82, 2.24) is 30.2 Å².